The molecule has 7 heteroatoms. The van der Waals surface area contributed by atoms with Crippen LogP contribution in [-0.4, -0.2) is 52.4 Å². The van der Waals surface area contributed by atoms with Gasteiger partial charge in [0.05, 0.1) is 22.6 Å². The highest BCUT2D eigenvalue weighted by atomic mass is 79.9. The van der Waals surface area contributed by atoms with Crippen molar-refractivity contribution in [2.75, 3.05) is 27.2 Å². The van der Waals surface area contributed by atoms with Crippen molar-refractivity contribution in [1.29, 1.82) is 0 Å². The summed E-state index contributed by atoms with van der Waals surface area (Å²) in [6.45, 7) is 5.37. The zero-order chi connectivity index (χ0) is 23.3. The van der Waals surface area contributed by atoms with Gasteiger partial charge in [0.1, 0.15) is 5.82 Å². The van der Waals surface area contributed by atoms with Crippen LogP contribution in [0.1, 0.15) is 45.0 Å². The van der Waals surface area contributed by atoms with Crippen LogP contribution in [-0.2, 0) is 4.79 Å². The molecule has 3 aromatic rings. The van der Waals surface area contributed by atoms with Gasteiger partial charge in [-0.05, 0) is 63.3 Å². The predicted molar refractivity (Wildman–Crippen MR) is 133 cm³/mol. The number of hydrogen-bond donors (Lipinski definition) is 0. The molecule has 0 N–H and O–H groups in total. The first-order chi connectivity index (χ1) is 15.4. The van der Waals surface area contributed by atoms with Gasteiger partial charge in [-0.15, -0.1) is 0 Å². The second-order valence-electron chi connectivity index (χ2n) is 8.17. The van der Waals surface area contributed by atoms with Crippen molar-refractivity contribution in [2.24, 2.45) is 0 Å². The smallest absolute Gasteiger partial charge is 0.266 e. The summed E-state index contributed by atoms with van der Waals surface area (Å²) in [6.07, 6.45) is 1.91. The number of aromatic nitrogens is 2. The average Bonchev–Trinajstić information content (AvgIpc) is 2.77. The van der Waals surface area contributed by atoms with E-state index in [1.165, 1.54) is 0 Å². The third-order valence-electron chi connectivity index (χ3n) is 5.52. The highest BCUT2D eigenvalue weighted by molar-refractivity contribution is 9.10. The van der Waals surface area contributed by atoms with Gasteiger partial charge in [0, 0.05) is 24.0 Å². The lowest BCUT2D eigenvalue weighted by atomic mass is 10.1. The van der Waals surface area contributed by atoms with Crippen LogP contribution in [0.3, 0.4) is 0 Å². The monoisotopic (exact) mass is 498 g/mol. The van der Waals surface area contributed by atoms with Gasteiger partial charge in [0.15, 0.2) is 0 Å². The number of hydrogen-bond acceptors (Lipinski definition) is 4. The van der Waals surface area contributed by atoms with E-state index < -0.39 is 0 Å². The lowest BCUT2D eigenvalue weighted by Gasteiger charge is -2.33. The molecule has 2 aromatic carbocycles. The fourth-order valence-corrected chi connectivity index (χ4v) is 4.14. The zero-order valence-electron chi connectivity index (χ0n) is 19.2. The Labute approximate surface area is 198 Å². The molecule has 0 saturated carbocycles. The Balaban J connectivity index is 2.24. The number of carbonyl (C=O) groups excluding carboxylic acids is 1. The third-order valence-corrected chi connectivity index (χ3v) is 6.05. The molecule has 0 fully saturated rings. The van der Waals surface area contributed by atoms with Gasteiger partial charge < -0.3 is 9.80 Å². The maximum absolute atomic E-state index is 13.6. The van der Waals surface area contributed by atoms with E-state index in [4.69, 9.17) is 4.98 Å². The molecule has 6 nitrogen and oxygen atoms in total. The summed E-state index contributed by atoms with van der Waals surface area (Å²) in [4.78, 5) is 35.7. The summed E-state index contributed by atoms with van der Waals surface area (Å²) in [5.74, 6) is 0.688. The predicted octanol–water partition coefficient (Wildman–Crippen LogP) is 4.79. The molecule has 0 aliphatic rings. The Morgan fingerprint density at radius 2 is 1.75 bits per heavy atom. The molecule has 3 rings (SSSR count). The second-order valence-corrected chi connectivity index (χ2v) is 9.08. The molecule has 0 radical (unpaired) electrons. The van der Waals surface area contributed by atoms with Gasteiger partial charge in [0.2, 0.25) is 5.91 Å². The number of halogens is 1. The van der Waals surface area contributed by atoms with Crippen molar-refractivity contribution < 1.29 is 4.79 Å². The van der Waals surface area contributed by atoms with Gasteiger partial charge in [-0.25, -0.2) is 4.98 Å². The highest BCUT2D eigenvalue weighted by Crippen LogP contribution is 2.27. The molecule has 0 aliphatic carbocycles. The van der Waals surface area contributed by atoms with Crippen LogP contribution in [0.4, 0.5) is 0 Å². The molecule has 0 aliphatic heterocycles. The van der Waals surface area contributed by atoms with E-state index in [2.05, 4.69) is 20.8 Å². The molecule has 1 amide bonds. The van der Waals surface area contributed by atoms with Crippen LogP contribution in [0.2, 0.25) is 0 Å². The molecule has 1 heterocycles. The summed E-state index contributed by atoms with van der Waals surface area (Å²) >= 11 is 3.47. The summed E-state index contributed by atoms with van der Waals surface area (Å²) in [7, 11) is 3.99. The fraction of sp³-hybridized carbons (Fsp3) is 0.400. The Morgan fingerprint density at radius 3 is 2.38 bits per heavy atom. The SMILES string of the molecule is CCCC(=O)N(CCN(C)C)C(CC)c1nc2ccccc2c(=O)n1-c1ccc(Br)cc1. The van der Waals surface area contributed by atoms with Gasteiger partial charge in [-0.3, -0.25) is 14.2 Å². The first-order valence-corrected chi connectivity index (χ1v) is 11.9. The first-order valence-electron chi connectivity index (χ1n) is 11.1. The van der Waals surface area contributed by atoms with E-state index in [0.29, 0.717) is 36.1 Å². The summed E-state index contributed by atoms with van der Waals surface area (Å²) < 4.78 is 2.60. The van der Waals surface area contributed by atoms with Crippen LogP contribution in [0.5, 0.6) is 0 Å². The molecule has 1 aromatic heterocycles. The van der Waals surface area contributed by atoms with Crippen LogP contribution in [0.15, 0.2) is 57.8 Å². The topological polar surface area (TPSA) is 58.4 Å². The first kappa shape index (κ1) is 24.1. The number of rotatable bonds is 9. The summed E-state index contributed by atoms with van der Waals surface area (Å²) in [6, 6.07) is 14.7. The Hall–Kier alpha value is -2.51. The van der Waals surface area contributed by atoms with Crippen molar-refractivity contribution in [3.05, 3.63) is 69.2 Å². The molecular formula is C25H31BrN4O2. The molecule has 1 atom stereocenters. The lowest BCUT2D eigenvalue weighted by molar-refractivity contribution is -0.134. The Bertz CT molecular complexity index is 1120. The zero-order valence-corrected chi connectivity index (χ0v) is 20.8. The average molecular weight is 499 g/mol. The van der Waals surface area contributed by atoms with Gasteiger partial charge in [0.25, 0.3) is 5.56 Å². The van der Waals surface area contributed by atoms with Crippen LogP contribution in [0, 0.1) is 0 Å². The number of nitrogens with zero attached hydrogens (tertiary/aromatic N) is 4. The highest BCUT2D eigenvalue weighted by Gasteiger charge is 2.28. The van der Waals surface area contributed by atoms with Gasteiger partial charge in [-0.2, -0.15) is 0 Å². The number of para-hydroxylation sites is 1. The number of amides is 1. The second kappa shape index (κ2) is 10.9. The number of benzene rings is 2. The van der Waals surface area contributed by atoms with Crippen molar-refractivity contribution in [3.8, 4) is 5.69 Å². The summed E-state index contributed by atoms with van der Waals surface area (Å²) in [5.41, 5.74) is 1.26. The summed E-state index contributed by atoms with van der Waals surface area (Å²) in [5, 5.41) is 0.564. The van der Waals surface area contributed by atoms with E-state index in [9.17, 15) is 9.59 Å². The molecule has 1 unspecified atom stereocenters. The van der Waals surface area contributed by atoms with Crippen LogP contribution < -0.4 is 5.56 Å². The lowest BCUT2D eigenvalue weighted by Crippen LogP contribution is -2.41. The Kier molecular flexibility index (Phi) is 8.21. The largest absolute Gasteiger partial charge is 0.331 e. The number of likely N-dealkylation sites (N-methyl/N-ethyl adjacent to an activating group) is 1. The fourth-order valence-electron chi connectivity index (χ4n) is 3.88. The normalized spacial score (nSPS) is 12.3. The minimum absolute atomic E-state index is 0.0889. The minimum atomic E-state index is -0.310. The maximum atomic E-state index is 13.6. The van der Waals surface area contributed by atoms with Gasteiger partial charge in [-0.1, -0.05) is 41.9 Å². The van der Waals surface area contributed by atoms with E-state index in [1.807, 2.05) is 75.3 Å². The number of fused-ring (bicyclic) bond motifs is 1. The van der Waals surface area contributed by atoms with E-state index in [1.54, 1.807) is 10.6 Å². The molecule has 32 heavy (non-hydrogen) atoms. The molecular weight excluding hydrogens is 468 g/mol. The number of carbonyl (C=O) groups is 1. The molecule has 170 valence electrons. The molecule has 0 bridgehead atoms. The third kappa shape index (κ3) is 5.27. The van der Waals surface area contributed by atoms with E-state index in [-0.39, 0.29) is 17.5 Å². The maximum Gasteiger partial charge on any atom is 0.266 e. The van der Waals surface area contributed by atoms with Crippen LogP contribution >= 0.6 is 15.9 Å². The van der Waals surface area contributed by atoms with Crippen molar-refractivity contribution in [3.63, 3.8) is 0 Å². The molecule has 0 spiro atoms. The Morgan fingerprint density at radius 1 is 1.06 bits per heavy atom. The van der Waals surface area contributed by atoms with Gasteiger partial charge >= 0.3 is 0 Å². The van der Waals surface area contributed by atoms with E-state index >= 15 is 0 Å². The quantitative estimate of drug-likeness (QED) is 0.425. The van der Waals surface area contributed by atoms with Crippen molar-refractivity contribution >= 4 is 32.7 Å². The van der Waals surface area contributed by atoms with Crippen LogP contribution in [0.25, 0.3) is 16.6 Å². The van der Waals surface area contributed by atoms with Crippen molar-refractivity contribution in [2.45, 2.75) is 39.2 Å². The van der Waals surface area contributed by atoms with Crippen molar-refractivity contribution in [1.82, 2.24) is 19.4 Å². The molecule has 0 saturated heterocycles. The standard InChI is InChI=1S/C25H31BrN4O2/c1-5-9-23(31)29(17-16-28(3)4)22(6-2)24-27-21-11-8-7-10-20(21)25(32)30(24)19-14-12-18(26)13-15-19/h7-8,10-15,22H,5-6,9,16-17H2,1-4H3. The minimum Gasteiger partial charge on any atom is -0.331 e. The van der Waals surface area contributed by atoms with E-state index in [0.717, 1.165) is 23.1 Å².